The van der Waals surface area contributed by atoms with Crippen molar-refractivity contribution in [2.75, 3.05) is 20.3 Å². The highest BCUT2D eigenvalue weighted by Crippen LogP contribution is 2.31. The van der Waals surface area contributed by atoms with Gasteiger partial charge in [-0.05, 0) is 27.9 Å². The van der Waals surface area contributed by atoms with Crippen LogP contribution in [0, 0.1) is 10.1 Å². The second kappa shape index (κ2) is 7.54. The summed E-state index contributed by atoms with van der Waals surface area (Å²) in [7, 11) is 1.52. The minimum atomic E-state index is -0.706. The highest BCUT2D eigenvalue weighted by atomic mass is 16.6. The van der Waals surface area contributed by atoms with E-state index < -0.39 is 10.7 Å². The molecular formula is C18H17N5O6. The van der Waals surface area contributed by atoms with Crippen molar-refractivity contribution in [2.24, 2.45) is 4.99 Å². The van der Waals surface area contributed by atoms with E-state index in [-0.39, 0.29) is 12.0 Å². The molecule has 0 unspecified atom stereocenters. The number of hydrogen-bond donors (Lipinski definition) is 1. The van der Waals surface area contributed by atoms with E-state index in [0.29, 0.717) is 46.6 Å². The van der Waals surface area contributed by atoms with Gasteiger partial charge in [-0.1, -0.05) is 23.0 Å². The summed E-state index contributed by atoms with van der Waals surface area (Å²) in [5, 5.41) is 25.9. The van der Waals surface area contributed by atoms with E-state index in [2.05, 4.69) is 10.1 Å². The number of hydrogen-bond acceptors (Lipinski definition) is 8. The predicted octanol–water partition coefficient (Wildman–Crippen LogP) is 1.70. The number of methoxy groups -OCH3 is 1. The average Bonchev–Trinajstić information content (AvgIpc) is 3.08. The number of ether oxygens (including phenoxy) is 3. The molecule has 29 heavy (non-hydrogen) atoms. The summed E-state index contributed by atoms with van der Waals surface area (Å²) in [6.45, 7) is 0.873. The Morgan fingerprint density at radius 1 is 1.24 bits per heavy atom. The maximum atomic E-state index is 11.5. The molecular weight excluding hydrogens is 382 g/mol. The fraction of sp³-hybridized carbons (Fsp3) is 0.222. The third kappa shape index (κ3) is 3.45. The summed E-state index contributed by atoms with van der Waals surface area (Å²) < 4.78 is 16.2. The van der Waals surface area contributed by atoms with Gasteiger partial charge in [-0.25, -0.2) is 0 Å². The van der Waals surface area contributed by atoms with E-state index in [1.807, 2.05) is 0 Å². The standard InChI is InChI=1S/C18H17N5O6/c1-27-14-5-3-2-4-12(14)11-19-17-18(23(25)26)20-21(22(17)24)13-6-7-15-16(10-13)29-9-8-28-15/h2-7,10,24H,8-9,11H2,1H3. The summed E-state index contributed by atoms with van der Waals surface area (Å²) in [5.74, 6) is 1.01. The maximum Gasteiger partial charge on any atom is 0.438 e. The Morgan fingerprint density at radius 2 is 2.00 bits per heavy atom. The lowest BCUT2D eigenvalue weighted by Crippen LogP contribution is -2.23. The third-order valence-electron chi connectivity index (χ3n) is 4.28. The minimum absolute atomic E-state index is 0.0538. The van der Waals surface area contributed by atoms with Crippen molar-refractivity contribution in [3.63, 3.8) is 0 Å². The van der Waals surface area contributed by atoms with Gasteiger partial charge in [0.05, 0.1) is 18.8 Å². The predicted molar refractivity (Wildman–Crippen MR) is 98.6 cm³/mol. The van der Waals surface area contributed by atoms with Gasteiger partial charge in [0.15, 0.2) is 11.5 Å². The SMILES string of the molecule is COc1ccccc1CN=c1c([N+](=O)[O-])nn(-c2ccc3c(c2)OCCO3)n1O. The van der Waals surface area contributed by atoms with Gasteiger partial charge in [0.25, 0.3) is 5.49 Å². The smallest absolute Gasteiger partial charge is 0.438 e. The molecule has 2 aromatic carbocycles. The summed E-state index contributed by atoms with van der Waals surface area (Å²) in [6.07, 6.45) is 0. The molecule has 0 fully saturated rings. The Labute approximate surface area is 164 Å². The fourth-order valence-electron chi connectivity index (χ4n) is 2.93. The third-order valence-corrected chi connectivity index (χ3v) is 4.28. The van der Waals surface area contributed by atoms with Gasteiger partial charge in [-0.15, -0.1) is 0 Å². The molecule has 1 aliphatic heterocycles. The zero-order chi connectivity index (χ0) is 20.4. The number of rotatable bonds is 5. The number of para-hydroxylation sites is 1. The van der Waals surface area contributed by atoms with Gasteiger partial charge in [0.1, 0.15) is 24.7 Å². The molecule has 2 heterocycles. The van der Waals surface area contributed by atoms with Crippen LogP contribution in [0.15, 0.2) is 47.5 Å². The largest absolute Gasteiger partial charge is 0.496 e. The maximum absolute atomic E-state index is 11.5. The van der Waals surface area contributed by atoms with Crippen LogP contribution in [0.25, 0.3) is 5.69 Å². The van der Waals surface area contributed by atoms with Crippen LogP contribution in [0.4, 0.5) is 5.82 Å². The molecule has 0 saturated carbocycles. The van der Waals surface area contributed by atoms with Crippen molar-refractivity contribution >= 4 is 5.82 Å². The van der Waals surface area contributed by atoms with Gasteiger partial charge in [-0.2, -0.15) is 0 Å². The highest BCUT2D eigenvalue weighted by molar-refractivity contribution is 5.49. The van der Waals surface area contributed by atoms with E-state index in [1.54, 1.807) is 42.5 Å². The molecule has 4 rings (SSSR count). The summed E-state index contributed by atoms with van der Waals surface area (Å²) in [5.41, 5.74) is 0.755. The lowest BCUT2D eigenvalue weighted by Gasteiger charge is -2.18. The van der Waals surface area contributed by atoms with Gasteiger partial charge in [0, 0.05) is 11.6 Å². The van der Waals surface area contributed by atoms with Crippen LogP contribution >= 0.6 is 0 Å². The van der Waals surface area contributed by atoms with Crippen molar-refractivity contribution in [1.29, 1.82) is 0 Å². The Balaban J connectivity index is 1.77. The Bertz CT molecular complexity index is 1140. The number of nitro groups is 1. The molecule has 1 aromatic heterocycles. The van der Waals surface area contributed by atoms with Crippen LogP contribution in [0.2, 0.25) is 0 Å². The van der Waals surface area contributed by atoms with Gasteiger partial charge < -0.3 is 29.5 Å². The molecule has 0 atom stereocenters. The molecule has 0 saturated heterocycles. The molecule has 1 N–H and O–H groups in total. The number of aromatic nitrogens is 3. The molecule has 11 heteroatoms. The van der Waals surface area contributed by atoms with Crippen molar-refractivity contribution in [1.82, 2.24) is 14.7 Å². The first-order valence-corrected chi connectivity index (χ1v) is 8.67. The van der Waals surface area contributed by atoms with Gasteiger partial charge >= 0.3 is 5.82 Å². The second-order valence-corrected chi connectivity index (χ2v) is 6.04. The van der Waals surface area contributed by atoms with E-state index in [4.69, 9.17) is 14.2 Å². The van der Waals surface area contributed by atoms with Crippen molar-refractivity contribution in [2.45, 2.75) is 6.54 Å². The minimum Gasteiger partial charge on any atom is -0.496 e. The first kappa shape index (κ1) is 18.3. The quantitative estimate of drug-likeness (QED) is 0.393. The van der Waals surface area contributed by atoms with Crippen LogP contribution in [0.5, 0.6) is 17.2 Å². The number of fused-ring (bicyclic) bond motifs is 1. The molecule has 0 amide bonds. The summed E-state index contributed by atoms with van der Waals surface area (Å²) in [6, 6.07) is 11.9. The lowest BCUT2D eigenvalue weighted by atomic mass is 10.2. The first-order valence-electron chi connectivity index (χ1n) is 8.67. The molecule has 150 valence electrons. The number of benzene rings is 2. The van der Waals surface area contributed by atoms with Crippen LogP contribution in [-0.4, -0.2) is 45.2 Å². The van der Waals surface area contributed by atoms with Crippen molar-refractivity contribution < 1.29 is 24.3 Å². The average molecular weight is 399 g/mol. The van der Waals surface area contributed by atoms with Gasteiger partial charge in [-0.3, -0.25) is 4.99 Å². The van der Waals surface area contributed by atoms with Crippen LogP contribution < -0.4 is 19.7 Å². The molecule has 1 aliphatic rings. The van der Waals surface area contributed by atoms with E-state index in [1.165, 1.54) is 7.11 Å². The Morgan fingerprint density at radius 3 is 2.76 bits per heavy atom. The fourth-order valence-corrected chi connectivity index (χ4v) is 2.93. The molecule has 11 nitrogen and oxygen atoms in total. The molecule has 3 aromatic rings. The Hall–Kier alpha value is -4.02. The molecule has 0 spiro atoms. The highest BCUT2D eigenvalue weighted by Gasteiger charge is 2.25. The monoisotopic (exact) mass is 399 g/mol. The van der Waals surface area contributed by atoms with E-state index in [0.717, 1.165) is 4.80 Å². The molecule has 0 aliphatic carbocycles. The second-order valence-electron chi connectivity index (χ2n) is 6.04. The first-order chi connectivity index (χ1) is 14.1. The summed E-state index contributed by atoms with van der Waals surface area (Å²) in [4.78, 5) is 16.4. The van der Waals surface area contributed by atoms with E-state index in [9.17, 15) is 15.3 Å². The molecule has 0 bridgehead atoms. The topological polar surface area (TPSA) is 126 Å². The van der Waals surface area contributed by atoms with Crippen LogP contribution in [0.3, 0.4) is 0 Å². The van der Waals surface area contributed by atoms with Crippen LogP contribution in [-0.2, 0) is 6.54 Å². The van der Waals surface area contributed by atoms with Gasteiger partial charge in [0.2, 0.25) is 0 Å². The zero-order valence-electron chi connectivity index (χ0n) is 15.4. The van der Waals surface area contributed by atoms with Crippen LogP contribution in [0.1, 0.15) is 5.56 Å². The zero-order valence-corrected chi connectivity index (χ0v) is 15.4. The van der Waals surface area contributed by atoms with E-state index >= 15 is 0 Å². The lowest BCUT2D eigenvalue weighted by molar-refractivity contribution is -0.391. The van der Waals surface area contributed by atoms with Crippen molar-refractivity contribution in [3.8, 4) is 22.9 Å². The normalized spacial score (nSPS) is 13.3. The van der Waals surface area contributed by atoms with Crippen molar-refractivity contribution in [3.05, 3.63) is 63.6 Å². The summed E-state index contributed by atoms with van der Waals surface area (Å²) >= 11 is 0. The Kier molecular flexibility index (Phi) is 4.77. The number of nitrogens with zero attached hydrogens (tertiary/aromatic N) is 5. The molecule has 0 radical (unpaired) electrons.